The maximum absolute atomic E-state index is 13.0. The van der Waals surface area contributed by atoms with Crippen LogP contribution in [0, 0.1) is 5.41 Å². The van der Waals surface area contributed by atoms with Gasteiger partial charge in [0, 0.05) is 11.5 Å². The van der Waals surface area contributed by atoms with Crippen LogP contribution in [0.25, 0.3) is 0 Å². The molecule has 24 heavy (non-hydrogen) atoms. The minimum Gasteiger partial charge on any atom is -0.503 e. The molecule has 0 bridgehead atoms. The highest BCUT2D eigenvalue weighted by molar-refractivity contribution is 6.10. The molecule has 4 heteroatoms. The lowest BCUT2D eigenvalue weighted by Crippen LogP contribution is -2.39. The third-order valence-corrected chi connectivity index (χ3v) is 5.00. The van der Waals surface area contributed by atoms with E-state index in [1.54, 1.807) is 4.90 Å². The van der Waals surface area contributed by atoms with Crippen molar-refractivity contribution in [1.82, 2.24) is 4.90 Å². The van der Waals surface area contributed by atoms with Gasteiger partial charge in [-0.25, -0.2) is 0 Å². The Hall–Kier alpha value is -2.10. The number of carbonyl (C=O) groups excluding carboxylic acids is 2. The van der Waals surface area contributed by atoms with E-state index < -0.39 is 17.4 Å². The second kappa shape index (κ2) is 6.08. The minimum absolute atomic E-state index is 0.0927. The number of benzene rings is 1. The predicted octanol–water partition coefficient (Wildman–Crippen LogP) is 3.94. The summed E-state index contributed by atoms with van der Waals surface area (Å²) in [5, 5.41) is 10.5. The maximum atomic E-state index is 13.0. The molecule has 1 amide bonds. The van der Waals surface area contributed by atoms with Gasteiger partial charge >= 0.3 is 0 Å². The van der Waals surface area contributed by atoms with Gasteiger partial charge < -0.3 is 10.0 Å². The monoisotopic (exact) mass is 327 g/mol. The zero-order valence-electron chi connectivity index (χ0n) is 14.6. The molecule has 2 aliphatic rings. The van der Waals surface area contributed by atoms with Crippen molar-refractivity contribution in [2.24, 2.45) is 5.41 Å². The van der Waals surface area contributed by atoms with E-state index in [9.17, 15) is 14.7 Å². The molecular formula is C20H25NO3. The van der Waals surface area contributed by atoms with Crippen molar-refractivity contribution in [2.75, 3.05) is 0 Å². The largest absolute Gasteiger partial charge is 0.503 e. The molecule has 1 aliphatic carbocycles. The molecule has 1 atom stereocenters. The van der Waals surface area contributed by atoms with Crippen LogP contribution < -0.4 is 0 Å². The maximum Gasteiger partial charge on any atom is 0.290 e. The first kappa shape index (κ1) is 16.7. The molecule has 1 saturated carbocycles. The molecule has 0 spiro atoms. The fourth-order valence-corrected chi connectivity index (χ4v) is 3.78. The van der Waals surface area contributed by atoms with Crippen LogP contribution in [0.4, 0.5) is 0 Å². The molecular weight excluding hydrogens is 302 g/mol. The molecule has 3 rings (SSSR count). The lowest BCUT2D eigenvalue weighted by molar-refractivity contribution is -0.131. The van der Waals surface area contributed by atoms with Crippen LogP contribution in [-0.2, 0) is 9.59 Å². The zero-order chi connectivity index (χ0) is 17.5. The molecule has 1 aromatic carbocycles. The second-order valence-corrected chi connectivity index (χ2v) is 7.81. The van der Waals surface area contributed by atoms with E-state index in [0.717, 1.165) is 31.2 Å². The smallest absolute Gasteiger partial charge is 0.290 e. The van der Waals surface area contributed by atoms with E-state index in [1.165, 1.54) is 0 Å². The first-order valence-corrected chi connectivity index (χ1v) is 8.68. The lowest BCUT2D eigenvalue weighted by Gasteiger charge is -2.33. The third kappa shape index (κ3) is 2.74. The Bertz CT molecular complexity index is 679. The highest BCUT2D eigenvalue weighted by Gasteiger charge is 2.48. The summed E-state index contributed by atoms with van der Waals surface area (Å²) in [6.45, 7) is 5.46. The van der Waals surface area contributed by atoms with E-state index >= 15 is 0 Å². The number of hydrogen-bond donors (Lipinski definition) is 1. The summed E-state index contributed by atoms with van der Waals surface area (Å²) in [6.07, 6.45) is 4.03. The molecule has 0 radical (unpaired) electrons. The van der Waals surface area contributed by atoms with Crippen LogP contribution >= 0.6 is 0 Å². The standard InChI is InChI=1S/C20H25NO3/c1-20(2,3)18(23)15-16(13-9-5-4-6-10-13)21(19(24)17(15)22)14-11-7-8-12-14/h4-6,9-10,14,16,22H,7-8,11-12H2,1-3H3. The molecule has 1 aliphatic heterocycles. The normalized spacial score (nSPS) is 22.5. The Labute approximate surface area is 143 Å². The molecule has 4 nitrogen and oxygen atoms in total. The summed E-state index contributed by atoms with van der Waals surface area (Å²) in [4.78, 5) is 27.5. The first-order valence-electron chi connectivity index (χ1n) is 8.68. The quantitative estimate of drug-likeness (QED) is 0.915. The van der Waals surface area contributed by atoms with E-state index in [1.807, 2.05) is 51.1 Å². The van der Waals surface area contributed by atoms with Crippen molar-refractivity contribution < 1.29 is 14.7 Å². The van der Waals surface area contributed by atoms with E-state index in [-0.39, 0.29) is 23.2 Å². The summed E-state index contributed by atoms with van der Waals surface area (Å²) in [6, 6.07) is 9.18. The number of carbonyl (C=O) groups is 2. The first-order chi connectivity index (χ1) is 11.3. The fraction of sp³-hybridized carbons (Fsp3) is 0.500. The Balaban J connectivity index is 2.10. The van der Waals surface area contributed by atoms with Crippen LogP contribution in [0.15, 0.2) is 41.7 Å². The average Bonchev–Trinajstić information content (AvgIpc) is 3.14. The Kier molecular flexibility index (Phi) is 4.24. The van der Waals surface area contributed by atoms with Gasteiger partial charge in [0.2, 0.25) is 0 Å². The molecule has 0 saturated heterocycles. The molecule has 1 N–H and O–H groups in total. The lowest BCUT2D eigenvalue weighted by atomic mass is 9.82. The highest BCUT2D eigenvalue weighted by Crippen LogP contribution is 2.44. The van der Waals surface area contributed by atoms with Gasteiger partial charge in [-0.1, -0.05) is 63.9 Å². The van der Waals surface area contributed by atoms with Crippen molar-refractivity contribution in [3.63, 3.8) is 0 Å². The van der Waals surface area contributed by atoms with Gasteiger partial charge in [0.15, 0.2) is 11.5 Å². The Morgan fingerprint density at radius 1 is 1.12 bits per heavy atom. The zero-order valence-corrected chi connectivity index (χ0v) is 14.6. The molecule has 1 heterocycles. The summed E-state index contributed by atoms with van der Waals surface area (Å²) >= 11 is 0. The van der Waals surface area contributed by atoms with E-state index in [2.05, 4.69) is 0 Å². The number of rotatable bonds is 3. The molecule has 1 fully saturated rings. The molecule has 1 unspecified atom stereocenters. The number of aliphatic hydroxyl groups is 1. The van der Waals surface area contributed by atoms with Gasteiger partial charge in [0.25, 0.3) is 5.91 Å². The summed E-state index contributed by atoms with van der Waals surface area (Å²) in [7, 11) is 0. The van der Waals surface area contributed by atoms with Crippen LogP contribution in [0.2, 0.25) is 0 Å². The number of aliphatic hydroxyl groups excluding tert-OH is 1. The number of nitrogens with zero attached hydrogens (tertiary/aromatic N) is 1. The third-order valence-electron chi connectivity index (χ3n) is 5.00. The number of Topliss-reactive ketones (excluding diaryl/α,β-unsaturated/α-hetero) is 1. The topological polar surface area (TPSA) is 57.6 Å². The fourth-order valence-electron chi connectivity index (χ4n) is 3.78. The summed E-state index contributed by atoms with van der Waals surface area (Å²) < 4.78 is 0. The van der Waals surface area contributed by atoms with Gasteiger partial charge in [0.05, 0.1) is 11.6 Å². The number of amides is 1. The molecule has 128 valence electrons. The van der Waals surface area contributed by atoms with Crippen LogP contribution in [0.5, 0.6) is 0 Å². The molecule has 1 aromatic rings. The van der Waals surface area contributed by atoms with Crippen molar-refractivity contribution >= 4 is 11.7 Å². The predicted molar refractivity (Wildman–Crippen MR) is 92.4 cm³/mol. The van der Waals surface area contributed by atoms with Gasteiger partial charge in [0.1, 0.15) is 0 Å². The van der Waals surface area contributed by atoms with Gasteiger partial charge in [-0.3, -0.25) is 9.59 Å². The van der Waals surface area contributed by atoms with Gasteiger partial charge in [-0.15, -0.1) is 0 Å². The summed E-state index contributed by atoms with van der Waals surface area (Å²) in [5.74, 6) is -0.929. The van der Waals surface area contributed by atoms with Crippen LogP contribution in [0.3, 0.4) is 0 Å². The van der Waals surface area contributed by atoms with Crippen molar-refractivity contribution in [3.05, 3.63) is 47.2 Å². The highest BCUT2D eigenvalue weighted by atomic mass is 16.3. The number of ketones is 1. The minimum atomic E-state index is -0.650. The Morgan fingerprint density at radius 3 is 2.25 bits per heavy atom. The summed E-state index contributed by atoms with van der Waals surface area (Å²) in [5.41, 5.74) is 0.488. The second-order valence-electron chi connectivity index (χ2n) is 7.81. The van der Waals surface area contributed by atoms with Crippen LogP contribution in [-0.4, -0.2) is 27.7 Å². The van der Waals surface area contributed by atoms with Crippen molar-refractivity contribution in [1.29, 1.82) is 0 Å². The van der Waals surface area contributed by atoms with E-state index in [0.29, 0.717) is 0 Å². The van der Waals surface area contributed by atoms with Crippen molar-refractivity contribution in [3.8, 4) is 0 Å². The SMILES string of the molecule is CC(C)(C)C(=O)C1=C(O)C(=O)N(C2CCCC2)C1c1ccccc1. The average molecular weight is 327 g/mol. The van der Waals surface area contributed by atoms with Gasteiger partial charge in [-0.2, -0.15) is 0 Å². The van der Waals surface area contributed by atoms with E-state index in [4.69, 9.17) is 0 Å². The van der Waals surface area contributed by atoms with Crippen molar-refractivity contribution in [2.45, 2.75) is 58.5 Å². The number of hydrogen-bond acceptors (Lipinski definition) is 3. The van der Waals surface area contributed by atoms with Crippen LogP contribution in [0.1, 0.15) is 58.1 Å². The van der Waals surface area contributed by atoms with Gasteiger partial charge in [-0.05, 0) is 18.4 Å². The molecule has 0 aromatic heterocycles. The Morgan fingerprint density at radius 2 is 1.71 bits per heavy atom.